The van der Waals surface area contributed by atoms with E-state index in [2.05, 4.69) is 27.1 Å². The molecule has 2 aromatic rings. The first-order chi connectivity index (χ1) is 12.1. The van der Waals surface area contributed by atoms with Crippen molar-refractivity contribution in [3.05, 3.63) is 54.0 Å². The number of unbranched alkanes of at least 4 members (excludes halogenated alkanes) is 1. The van der Waals surface area contributed by atoms with Gasteiger partial charge >= 0.3 is 0 Å². The second-order valence-electron chi connectivity index (χ2n) is 5.70. The third-order valence-electron chi connectivity index (χ3n) is 3.72. The van der Waals surface area contributed by atoms with Crippen LogP contribution in [0.5, 0.6) is 11.6 Å². The van der Waals surface area contributed by atoms with E-state index in [4.69, 9.17) is 4.74 Å². The highest BCUT2D eigenvalue weighted by molar-refractivity contribution is 5.79. The molecule has 0 unspecified atom stereocenters. The number of nitrogens with one attached hydrogen (secondary N) is 1. The third-order valence-corrected chi connectivity index (χ3v) is 3.72. The van der Waals surface area contributed by atoms with E-state index in [-0.39, 0.29) is 5.82 Å². The van der Waals surface area contributed by atoms with Crippen LogP contribution in [0.4, 0.5) is 4.39 Å². The zero-order valence-corrected chi connectivity index (χ0v) is 15.0. The number of benzene rings is 1. The Balaban J connectivity index is 2.05. The average Bonchev–Trinajstić information content (AvgIpc) is 2.61. The molecule has 1 heterocycles. The van der Waals surface area contributed by atoms with Crippen molar-refractivity contribution in [3.63, 3.8) is 0 Å². The van der Waals surface area contributed by atoms with Gasteiger partial charge in [0.25, 0.3) is 0 Å². The Hall–Kier alpha value is -2.63. The van der Waals surface area contributed by atoms with E-state index in [0.717, 1.165) is 30.9 Å². The van der Waals surface area contributed by atoms with Crippen molar-refractivity contribution in [2.75, 3.05) is 20.6 Å². The molecule has 0 atom stereocenters. The van der Waals surface area contributed by atoms with Crippen LogP contribution in [0.25, 0.3) is 0 Å². The van der Waals surface area contributed by atoms with Gasteiger partial charge in [-0.2, -0.15) is 0 Å². The van der Waals surface area contributed by atoms with Crippen LogP contribution < -0.4 is 10.1 Å². The molecule has 0 aliphatic rings. The summed E-state index contributed by atoms with van der Waals surface area (Å²) in [5, 5.41) is 3.31. The lowest BCUT2D eigenvalue weighted by molar-refractivity contribution is 0.446. The molecule has 5 nitrogen and oxygen atoms in total. The van der Waals surface area contributed by atoms with E-state index >= 15 is 0 Å². The maximum absolute atomic E-state index is 13.3. The van der Waals surface area contributed by atoms with Crippen molar-refractivity contribution in [1.82, 2.24) is 15.2 Å². The Kier molecular flexibility index (Phi) is 7.19. The van der Waals surface area contributed by atoms with Crippen LogP contribution in [0.15, 0.2) is 47.6 Å². The van der Waals surface area contributed by atoms with Crippen LogP contribution in [-0.4, -0.2) is 36.5 Å². The molecule has 0 aliphatic heterocycles. The van der Waals surface area contributed by atoms with Crippen molar-refractivity contribution in [2.24, 2.45) is 4.99 Å². The van der Waals surface area contributed by atoms with Gasteiger partial charge in [-0.25, -0.2) is 9.37 Å². The maximum Gasteiger partial charge on any atom is 0.224 e. The Bertz CT molecular complexity index is 705. The fourth-order valence-electron chi connectivity index (χ4n) is 2.35. The quantitative estimate of drug-likeness (QED) is 0.613. The molecule has 0 amide bonds. The topological polar surface area (TPSA) is 49.8 Å². The van der Waals surface area contributed by atoms with Crippen molar-refractivity contribution < 1.29 is 9.13 Å². The minimum atomic E-state index is -0.342. The van der Waals surface area contributed by atoms with Crippen molar-refractivity contribution in [2.45, 2.75) is 26.3 Å². The highest BCUT2D eigenvalue weighted by Gasteiger charge is 2.10. The number of hydrogen-bond acceptors (Lipinski definition) is 3. The number of aliphatic imine (C=N–C) groups is 1. The molecule has 6 heteroatoms. The monoisotopic (exact) mass is 344 g/mol. The molecule has 1 aromatic carbocycles. The molecule has 0 saturated carbocycles. The summed E-state index contributed by atoms with van der Waals surface area (Å²) in [7, 11) is 3.77. The van der Waals surface area contributed by atoms with Crippen molar-refractivity contribution in [3.8, 4) is 11.6 Å². The summed E-state index contributed by atoms with van der Waals surface area (Å²) in [4.78, 5) is 10.7. The first-order valence-electron chi connectivity index (χ1n) is 8.43. The second-order valence-corrected chi connectivity index (χ2v) is 5.70. The average molecular weight is 344 g/mol. The molecule has 0 saturated heterocycles. The van der Waals surface area contributed by atoms with Gasteiger partial charge in [0, 0.05) is 45.0 Å². The Labute approximate surface area is 148 Å². The summed E-state index contributed by atoms with van der Waals surface area (Å²) in [6.07, 6.45) is 3.90. The summed E-state index contributed by atoms with van der Waals surface area (Å²) in [6.45, 7) is 3.62. The van der Waals surface area contributed by atoms with Gasteiger partial charge in [0.1, 0.15) is 11.6 Å². The van der Waals surface area contributed by atoms with E-state index < -0.39 is 0 Å². The van der Waals surface area contributed by atoms with E-state index in [1.807, 2.05) is 19.2 Å². The molecule has 25 heavy (non-hydrogen) atoms. The first-order valence-corrected chi connectivity index (χ1v) is 8.43. The summed E-state index contributed by atoms with van der Waals surface area (Å²) in [5.41, 5.74) is 0.872. The van der Waals surface area contributed by atoms with Crippen LogP contribution in [-0.2, 0) is 6.54 Å². The number of guanidine groups is 1. The molecule has 1 N–H and O–H groups in total. The predicted octanol–water partition coefficient (Wildman–Crippen LogP) is 3.82. The zero-order valence-electron chi connectivity index (χ0n) is 15.0. The van der Waals surface area contributed by atoms with Gasteiger partial charge < -0.3 is 15.0 Å². The van der Waals surface area contributed by atoms with Crippen LogP contribution >= 0.6 is 0 Å². The number of ether oxygens (including phenoxy) is 1. The molecule has 1 aromatic heterocycles. The van der Waals surface area contributed by atoms with Gasteiger partial charge in [-0.05, 0) is 24.6 Å². The lowest BCUT2D eigenvalue weighted by Crippen LogP contribution is -2.39. The fraction of sp³-hybridized carbons (Fsp3) is 0.368. The smallest absolute Gasteiger partial charge is 0.224 e. The lowest BCUT2D eigenvalue weighted by Gasteiger charge is -2.22. The minimum absolute atomic E-state index is 0.342. The van der Waals surface area contributed by atoms with E-state index in [1.165, 1.54) is 12.1 Å². The van der Waals surface area contributed by atoms with Crippen LogP contribution in [0.2, 0.25) is 0 Å². The summed E-state index contributed by atoms with van der Waals surface area (Å²) >= 11 is 0. The summed E-state index contributed by atoms with van der Waals surface area (Å²) < 4.78 is 19.1. The van der Waals surface area contributed by atoms with Gasteiger partial charge in [0.15, 0.2) is 5.96 Å². The molecule has 0 fully saturated rings. The summed E-state index contributed by atoms with van der Waals surface area (Å²) in [6, 6.07) is 9.79. The number of halogens is 1. The van der Waals surface area contributed by atoms with Gasteiger partial charge in [-0.15, -0.1) is 0 Å². The second kappa shape index (κ2) is 9.61. The molecule has 0 radical (unpaired) electrons. The molecular weight excluding hydrogens is 319 g/mol. The minimum Gasteiger partial charge on any atom is -0.439 e. The largest absolute Gasteiger partial charge is 0.439 e. The van der Waals surface area contributed by atoms with Crippen LogP contribution in [0, 0.1) is 5.82 Å². The highest BCUT2D eigenvalue weighted by Crippen LogP contribution is 2.23. The van der Waals surface area contributed by atoms with Crippen LogP contribution in [0.3, 0.4) is 0 Å². The molecule has 134 valence electrons. The van der Waals surface area contributed by atoms with Crippen molar-refractivity contribution in [1.29, 1.82) is 0 Å². The lowest BCUT2D eigenvalue weighted by atomic mass is 10.2. The molecule has 0 bridgehead atoms. The van der Waals surface area contributed by atoms with Crippen molar-refractivity contribution >= 4 is 5.96 Å². The zero-order chi connectivity index (χ0) is 18.1. The Morgan fingerprint density at radius 2 is 2.16 bits per heavy atom. The number of nitrogens with zero attached hydrogens (tertiary/aromatic N) is 3. The third kappa shape index (κ3) is 5.74. The van der Waals surface area contributed by atoms with Gasteiger partial charge in [0.2, 0.25) is 5.88 Å². The number of pyridine rings is 1. The van der Waals surface area contributed by atoms with Crippen LogP contribution in [0.1, 0.15) is 25.3 Å². The predicted molar refractivity (Wildman–Crippen MR) is 98.4 cm³/mol. The van der Waals surface area contributed by atoms with E-state index in [0.29, 0.717) is 18.2 Å². The maximum atomic E-state index is 13.3. The normalized spacial score (nSPS) is 11.3. The van der Waals surface area contributed by atoms with Gasteiger partial charge in [-0.1, -0.05) is 25.5 Å². The van der Waals surface area contributed by atoms with Gasteiger partial charge in [0.05, 0.1) is 0 Å². The number of rotatable bonds is 7. The summed E-state index contributed by atoms with van der Waals surface area (Å²) in [5.74, 6) is 1.34. The SMILES string of the molecule is CCCCN(C)C(=NC)NCc1cccnc1Oc1cccc(F)c1. The fourth-order valence-corrected chi connectivity index (χ4v) is 2.35. The molecule has 0 spiro atoms. The molecule has 0 aliphatic carbocycles. The Morgan fingerprint density at radius 1 is 1.32 bits per heavy atom. The highest BCUT2D eigenvalue weighted by atomic mass is 19.1. The standard InChI is InChI=1S/C19H25FN4O/c1-4-5-12-24(3)19(21-2)23-14-15-8-7-11-22-18(15)25-17-10-6-9-16(20)13-17/h6-11,13H,4-5,12,14H2,1-3H3,(H,21,23). The molecular formula is C19H25FN4O. The first kappa shape index (κ1) is 18.7. The van der Waals surface area contributed by atoms with E-state index in [1.54, 1.807) is 25.4 Å². The Morgan fingerprint density at radius 3 is 2.88 bits per heavy atom. The molecule has 2 rings (SSSR count). The van der Waals surface area contributed by atoms with Gasteiger partial charge in [-0.3, -0.25) is 4.99 Å². The number of hydrogen-bond donors (Lipinski definition) is 1. The van der Waals surface area contributed by atoms with E-state index in [9.17, 15) is 4.39 Å². The number of aromatic nitrogens is 1.